The fourth-order valence-electron chi connectivity index (χ4n) is 3.84. The van der Waals surface area contributed by atoms with Crippen LogP contribution in [0.5, 0.6) is 0 Å². The molecule has 1 aliphatic rings. The molecule has 1 aliphatic heterocycles. The Labute approximate surface area is 189 Å². The molecule has 0 spiro atoms. The average Bonchev–Trinajstić information content (AvgIpc) is 3.36. The number of aromatic nitrogens is 2. The summed E-state index contributed by atoms with van der Waals surface area (Å²) in [4.78, 5) is 31.6. The van der Waals surface area contributed by atoms with Crippen LogP contribution in [0, 0.1) is 6.92 Å². The number of likely N-dealkylation sites (tertiary alicyclic amines) is 1. The molecule has 0 unspecified atom stereocenters. The third kappa shape index (κ3) is 4.32. The van der Waals surface area contributed by atoms with Crippen molar-refractivity contribution in [1.29, 1.82) is 0 Å². The summed E-state index contributed by atoms with van der Waals surface area (Å²) in [7, 11) is 0. The van der Waals surface area contributed by atoms with Crippen molar-refractivity contribution in [2.75, 3.05) is 6.54 Å². The predicted molar refractivity (Wildman–Crippen MR) is 121 cm³/mol. The molecule has 2 aromatic carbocycles. The van der Waals surface area contributed by atoms with Crippen molar-refractivity contribution in [3.63, 3.8) is 0 Å². The predicted octanol–water partition coefficient (Wildman–Crippen LogP) is 4.47. The standard InChI is InChI=1S/C24H22BrN3O3/c1-16-6-8-17(9-7-16)22(29)20-21(18-4-2-5-19(25)14-18)28(24(31)23(20)30)12-3-11-27-13-10-26-15-27/h2,4-10,13-15,21,29H,3,11-12H2,1H3/t21-/m1/s1. The number of carbonyl (C=O) groups is 2. The molecule has 2 heterocycles. The van der Waals surface area contributed by atoms with Crippen LogP contribution in [0.2, 0.25) is 0 Å². The number of rotatable bonds is 6. The van der Waals surface area contributed by atoms with E-state index in [1.807, 2.05) is 54.1 Å². The highest BCUT2D eigenvalue weighted by atomic mass is 79.9. The minimum absolute atomic E-state index is 0.120. The number of imidazole rings is 1. The lowest BCUT2D eigenvalue weighted by Crippen LogP contribution is -2.31. The van der Waals surface area contributed by atoms with Gasteiger partial charge in [0.2, 0.25) is 0 Å². The Morgan fingerprint density at radius 3 is 2.58 bits per heavy atom. The molecule has 0 saturated carbocycles. The number of aliphatic hydroxyl groups is 1. The number of halogens is 1. The normalized spacial score (nSPS) is 18.0. The fourth-order valence-corrected chi connectivity index (χ4v) is 4.26. The maximum absolute atomic E-state index is 13.0. The quantitative estimate of drug-likeness (QED) is 0.321. The van der Waals surface area contributed by atoms with E-state index < -0.39 is 17.7 Å². The number of aliphatic hydroxyl groups excluding tert-OH is 1. The second kappa shape index (κ2) is 8.89. The lowest BCUT2D eigenvalue weighted by Gasteiger charge is -2.25. The third-order valence-corrected chi connectivity index (χ3v) is 5.90. The van der Waals surface area contributed by atoms with Crippen LogP contribution < -0.4 is 0 Å². The van der Waals surface area contributed by atoms with Crippen LogP contribution in [-0.4, -0.2) is 37.8 Å². The molecule has 1 amide bonds. The van der Waals surface area contributed by atoms with Crippen LogP contribution >= 0.6 is 15.9 Å². The van der Waals surface area contributed by atoms with Gasteiger partial charge < -0.3 is 14.6 Å². The molecular formula is C24H22BrN3O3. The van der Waals surface area contributed by atoms with Gasteiger partial charge in [0.15, 0.2) is 0 Å². The highest BCUT2D eigenvalue weighted by Gasteiger charge is 2.45. The van der Waals surface area contributed by atoms with E-state index in [1.165, 1.54) is 0 Å². The van der Waals surface area contributed by atoms with Gasteiger partial charge in [0, 0.05) is 35.5 Å². The molecule has 1 fully saturated rings. The first-order chi connectivity index (χ1) is 15.0. The average molecular weight is 480 g/mol. The van der Waals surface area contributed by atoms with Gasteiger partial charge >= 0.3 is 0 Å². The number of amides is 1. The topological polar surface area (TPSA) is 75.4 Å². The van der Waals surface area contributed by atoms with E-state index in [0.29, 0.717) is 25.1 Å². The molecule has 6 nitrogen and oxygen atoms in total. The van der Waals surface area contributed by atoms with Gasteiger partial charge in [-0.1, -0.05) is 57.9 Å². The van der Waals surface area contributed by atoms with Crippen LogP contribution in [0.15, 0.2) is 77.3 Å². The smallest absolute Gasteiger partial charge is 0.295 e. The van der Waals surface area contributed by atoms with Gasteiger partial charge in [-0.05, 0) is 31.0 Å². The van der Waals surface area contributed by atoms with E-state index in [4.69, 9.17) is 0 Å². The van der Waals surface area contributed by atoms with Crippen molar-refractivity contribution in [2.24, 2.45) is 0 Å². The zero-order valence-electron chi connectivity index (χ0n) is 17.0. The molecule has 1 atom stereocenters. The minimum atomic E-state index is -0.661. The molecule has 31 heavy (non-hydrogen) atoms. The highest BCUT2D eigenvalue weighted by molar-refractivity contribution is 9.10. The van der Waals surface area contributed by atoms with Gasteiger partial charge in [-0.25, -0.2) is 4.98 Å². The number of hydrogen-bond acceptors (Lipinski definition) is 4. The molecule has 1 saturated heterocycles. The Morgan fingerprint density at radius 2 is 1.90 bits per heavy atom. The number of ketones is 1. The van der Waals surface area contributed by atoms with Gasteiger partial charge in [0.05, 0.1) is 17.9 Å². The lowest BCUT2D eigenvalue weighted by atomic mass is 9.95. The van der Waals surface area contributed by atoms with Crippen molar-refractivity contribution >= 4 is 33.4 Å². The maximum atomic E-state index is 13.0. The zero-order valence-corrected chi connectivity index (χ0v) is 18.6. The van der Waals surface area contributed by atoms with Gasteiger partial charge in [-0.15, -0.1) is 0 Å². The number of benzene rings is 2. The fraction of sp³-hybridized carbons (Fsp3) is 0.208. The van der Waals surface area contributed by atoms with Crippen molar-refractivity contribution in [1.82, 2.24) is 14.5 Å². The minimum Gasteiger partial charge on any atom is -0.507 e. The Hall–Kier alpha value is -3.19. The number of Topliss-reactive ketones (excluding diaryl/α,β-unsaturated/α-hetero) is 1. The van der Waals surface area contributed by atoms with Crippen molar-refractivity contribution in [2.45, 2.75) is 25.9 Å². The van der Waals surface area contributed by atoms with E-state index in [1.54, 1.807) is 29.6 Å². The zero-order chi connectivity index (χ0) is 22.0. The number of nitrogens with zero attached hydrogens (tertiary/aromatic N) is 3. The van der Waals surface area contributed by atoms with Crippen molar-refractivity contribution in [3.05, 3.63) is 94.0 Å². The maximum Gasteiger partial charge on any atom is 0.295 e. The second-order valence-electron chi connectivity index (χ2n) is 7.57. The van der Waals surface area contributed by atoms with E-state index in [9.17, 15) is 14.7 Å². The molecular weight excluding hydrogens is 458 g/mol. The molecule has 3 aromatic rings. The van der Waals surface area contributed by atoms with E-state index in [-0.39, 0.29) is 11.3 Å². The molecule has 7 heteroatoms. The summed E-state index contributed by atoms with van der Waals surface area (Å²) < 4.78 is 2.76. The van der Waals surface area contributed by atoms with Crippen molar-refractivity contribution in [3.8, 4) is 0 Å². The van der Waals surface area contributed by atoms with Crippen LogP contribution in [0.3, 0.4) is 0 Å². The summed E-state index contributed by atoms with van der Waals surface area (Å²) in [6.07, 6.45) is 5.93. The molecule has 0 aliphatic carbocycles. The van der Waals surface area contributed by atoms with E-state index in [2.05, 4.69) is 20.9 Å². The van der Waals surface area contributed by atoms with Gasteiger partial charge in [-0.2, -0.15) is 0 Å². The number of hydrogen-bond donors (Lipinski definition) is 1. The van der Waals surface area contributed by atoms with Gasteiger partial charge in [0.1, 0.15) is 5.76 Å². The first kappa shape index (κ1) is 21.1. The van der Waals surface area contributed by atoms with Crippen LogP contribution in [0.4, 0.5) is 0 Å². The molecule has 1 aromatic heterocycles. The molecule has 1 N–H and O–H groups in total. The monoisotopic (exact) mass is 479 g/mol. The summed E-state index contributed by atoms with van der Waals surface area (Å²) in [6, 6.07) is 14.1. The summed E-state index contributed by atoms with van der Waals surface area (Å²) >= 11 is 3.47. The lowest BCUT2D eigenvalue weighted by molar-refractivity contribution is -0.139. The Morgan fingerprint density at radius 1 is 1.13 bits per heavy atom. The highest BCUT2D eigenvalue weighted by Crippen LogP contribution is 2.40. The molecule has 158 valence electrons. The summed E-state index contributed by atoms with van der Waals surface area (Å²) in [6.45, 7) is 3.00. The SMILES string of the molecule is Cc1ccc(C(O)=C2C(=O)C(=O)N(CCCn3ccnc3)[C@@H]2c2cccc(Br)c2)cc1. The molecule has 0 bridgehead atoms. The summed E-state index contributed by atoms with van der Waals surface area (Å²) in [5, 5.41) is 11.0. The summed E-state index contributed by atoms with van der Waals surface area (Å²) in [5.74, 6) is -1.41. The second-order valence-corrected chi connectivity index (χ2v) is 8.48. The largest absolute Gasteiger partial charge is 0.507 e. The van der Waals surface area contributed by atoms with Crippen LogP contribution in [0.25, 0.3) is 5.76 Å². The van der Waals surface area contributed by atoms with Gasteiger partial charge in [-0.3, -0.25) is 9.59 Å². The third-order valence-electron chi connectivity index (χ3n) is 5.40. The molecule has 4 rings (SSSR count). The number of aryl methyl sites for hydroxylation is 2. The van der Waals surface area contributed by atoms with E-state index in [0.717, 1.165) is 15.6 Å². The first-order valence-electron chi connectivity index (χ1n) is 10.0. The van der Waals surface area contributed by atoms with Crippen LogP contribution in [-0.2, 0) is 16.1 Å². The number of carbonyl (C=O) groups excluding carboxylic acids is 2. The van der Waals surface area contributed by atoms with Gasteiger partial charge in [0.25, 0.3) is 11.7 Å². The van der Waals surface area contributed by atoms with Crippen LogP contribution in [0.1, 0.15) is 29.2 Å². The Balaban J connectivity index is 1.73. The first-order valence-corrected chi connectivity index (χ1v) is 10.8. The Kier molecular flexibility index (Phi) is 6.04. The summed E-state index contributed by atoms with van der Waals surface area (Å²) in [5.41, 5.74) is 2.45. The van der Waals surface area contributed by atoms with Crippen molar-refractivity contribution < 1.29 is 14.7 Å². The molecule has 0 radical (unpaired) electrons. The van der Waals surface area contributed by atoms with E-state index >= 15 is 0 Å². The Bertz CT molecular complexity index is 1140.